The van der Waals surface area contributed by atoms with Gasteiger partial charge in [0, 0.05) is 11.8 Å². The van der Waals surface area contributed by atoms with Gasteiger partial charge in [-0.15, -0.1) is 16.3 Å². The van der Waals surface area contributed by atoms with Crippen molar-refractivity contribution in [2.45, 2.75) is 25.7 Å². The van der Waals surface area contributed by atoms with E-state index in [4.69, 9.17) is 6.57 Å². The first-order chi connectivity index (χ1) is 11.1. The molecule has 3 aromatic rings. The maximum atomic E-state index is 7.26. The van der Waals surface area contributed by atoms with Crippen LogP contribution in [-0.4, -0.2) is 20.4 Å². The molecule has 0 saturated heterocycles. The van der Waals surface area contributed by atoms with Crippen molar-refractivity contribution in [2.75, 3.05) is 11.1 Å². The summed E-state index contributed by atoms with van der Waals surface area (Å²) in [6.45, 7) is 13.5. The number of hydrogen-bond donors (Lipinski definition) is 1. The Labute approximate surface area is 139 Å². The summed E-state index contributed by atoms with van der Waals surface area (Å²) in [6.07, 6.45) is 1.57. The van der Waals surface area contributed by atoms with Crippen molar-refractivity contribution in [1.82, 2.24) is 14.6 Å². The molecule has 3 rings (SSSR count). The molecule has 0 aliphatic carbocycles. The monoisotopic (exact) mass is 323 g/mol. The average molecular weight is 323 g/mol. The van der Waals surface area contributed by atoms with Crippen LogP contribution in [0.4, 0.5) is 17.3 Å². The highest BCUT2D eigenvalue weighted by Gasteiger charge is 2.14. The van der Waals surface area contributed by atoms with Gasteiger partial charge in [0.05, 0.1) is 11.1 Å². The number of nitrogens with zero attached hydrogens (tertiary/aromatic N) is 4. The summed E-state index contributed by atoms with van der Waals surface area (Å²) in [5.74, 6) is 2.06. The second-order valence-electron chi connectivity index (χ2n) is 5.29. The van der Waals surface area contributed by atoms with E-state index in [0.717, 1.165) is 22.0 Å². The summed E-state index contributed by atoms with van der Waals surface area (Å²) in [5, 5.41) is 7.86. The minimum atomic E-state index is 0.419. The van der Waals surface area contributed by atoms with Gasteiger partial charge < -0.3 is 10.2 Å². The van der Waals surface area contributed by atoms with Gasteiger partial charge in [-0.25, -0.2) is 4.98 Å². The number of aromatic nitrogens is 3. The van der Waals surface area contributed by atoms with Crippen LogP contribution in [0.15, 0.2) is 35.4 Å². The van der Waals surface area contributed by atoms with Crippen molar-refractivity contribution < 1.29 is 0 Å². The standard InChI is InChI=1S/C17H17N5S/c1-5-23-14-9-15(20-13-7-11(2)6-12(3)8-13)21-22-16(18-4)10-19-17(14)22/h6-10H,5H2,1-3H3,(H,20,21). The molecule has 0 radical (unpaired) electrons. The Morgan fingerprint density at radius 3 is 2.61 bits per heavy atom. The summed E-state index contributed by atoms with van der Waals surface area (Å²) in [7, 11) is 0. The van der Waals surface area contributed by atoms with E-state index in [-0.39, 0.29) is 0 Å². The van der Waals surface area contributed by atoms with Crippen LogP contribution in [0.3, 0.4) is 0 Å². The first-order valence-corrected chi connectivity index (χ1v) is 8.33. The van der Waals surface area contributed by atoms with Crippen molar-refractivity contribution in [2.24, 2.45) is 0 Å². The SMILES string of the molecule is [C-]#[N+]c1cnc2c(SCC)cc(Nc3cc(C)cc(C)c3)nn12. The molecule has 0 atom stereocenters. The van der Waals surface area contributed by atoms with Gasteiger partial charge in [-0.05, 0) is 42.9 Å². The van der Waals surface area contributed by atoms with Crippen molar-refractivity contribution in [1.29, 1.82) is 0 Å². The lowest BCUT2D eigenvalue weighted by molar-refractivity contribution is 0.937. The Balaban J connectivity index is 2.08. The molecule has 0 saturated carbocycles. The van der Waals surface area contributed by atoms with E-state index in [2.05, 4.69) is 59.2 Å². The third kappa shape index (κ3) is 3.15. The number of rotatable bonds is 4. The maximum absolute atomic E-state index is 7.26. The molecule has 2 heterocycles. The zero-order chi connectivity index (χ0) is 16.4. The third-order valence-electron chi connectivity index (χ3n) is 3.32. The molecule has 0 aliphatic heterocycles. The lowest BCUT2D eigenvalue weighted by Crippen LogP contribution is -2.01. The molecule has 0 spiro atoms. The molecule has 0 amide bonds. The van der Waals surface area contributed by atoms with Crippen LogP contribution < -0.4 is 5.32 Å². The van der Waals surface area contributed by atoms with Crippen molar-refractivity contribution >= 4 is 34.7 Å². The Hall–Kier alpha value is -2.52. The Morgan fingerprint density at radius 2 is 1.96 bits per heavy atom. The van der Waals surface area contributed by atoms with Crippen molar-refractivity contribution in [3.63, 3.8) is 0 Å². The van der Waals surface area contributed by atoms with Gasteiger partial charge in [0.25, 0.3) is 5.82 Å². The van der Waals surface area contributed by atoms with Crippen LogP contribution in [-0.2, 0) is 0 Å². The molecule has 1 aromatic carbocycles. The number of imidazole rings is 1. The van der Waals surface area contributed by atoms with Crippen LogP contribution in [0, 0.1) is 20.4 Å². The highest BCUT2D eigenvalue weighted by atomic mass is 32.2. The Bertz CT molecular complexity index is 887. The smallest absolute Gasteiger partial charge is 0.275 e. The van der Waals surface area contributed by atoms with Crippen LogP contribution in [0.1, 0.15) is 18.1 Å². The zero-order valence-electron chi connectivity index (χ0n) is 13.3. The van der Waals surface area contributed by atoms with E-state index in [1.54, 1.807) is 22.5 Å². The minimum Gasteiger partial charge on any atom is -0.360 e. The summed E-state index contributed by atoms with van der Waals surface area (Å²) < 4.78 is 1.61. The number of benzene rings is 1. The molecule has 1 N–H and O–H groups in total. The van der Waals surface area contributed by atoms with Crippen LogP contribution in [0.5, 0.6) is 0 Å². The third-order valence-corrected chi connectivity index (χ3v) is 4.22. The number of hydrogen-bond acceptors (Lipinski definition) is 4. The maximum Gasteiger partial charge on any atom is 0.275 e. The van der Waals surface area contributed by atoms with Gasteiger partial charge in [0.1, 0.15) is 0 Å². The summed E-state index contributed by atoms with van der Waals surface area (Å²) in [5.41, 5.74) is 4.11. The van der Waals surface area contributed by atoms with Gasteiger partial charge in [-0.2, -0.15) is 0 Å². The van der Waals surface area contributed by atoms with E-state index in [1.165, 1.54) is 11.1 Å². The molecule has 0 bridgehead atoms. The molecule has 116 valence electrons. The van der Waals surface area contributed by atoms with Crippen LogP contribution in [0.2, 0.25) is 0 Å². The van der Waals surface area contributed by atoms with E-state index >= 15 is 0 Å². The number of thioether (sulfide) groups is 1. The zero-order valence-corrected chi connectivity index (χ0v) is 14.1. The fourth-order valence-electron chi connectivity index (χ4n) is 2.52. The molecule has 0 aliphatic rings. The van der Waals surface area contributed by atoms with E-state index in [9.17, 15) is 0 Å². The molecular formula is C17H17N5S. The molecule has 0 fully saturated rings. The van der Waals surface area contributed by atoms with Crippen molar-refractivity contribution in [3.05, 3.63) is 53.0 Å². The van der Waals surface area contributed by atoms with Crippen molar-refractivity contribution in [3.8, 4) is 0 Å². The quantitative estimate of drug-likeness (QED) is 0.556. The number of aryl methyl sites for hydroxylation is 2. The largest absolute Gasteiger partial charge is 0.360 e. The number of anilines is 2. The lowest BCUT2D eigenvalue weighted by Gasteiger charge is -2.09. The predicted octanol–water partition coefficient (Wildman–Crippen LogP) is 4.75. The molecule has 5 nitrogen and oxygen atoms in total. The molecule has 2 aromatic heterocycles. The predicted molar refractivity (Wildman–Crippen MR) is 94.8 cm³/mol. The van der Waals surface area contributed by atoms with Gasteiger partial charge in [0.2, 0.25) is 5.65 Å². The second-order valence-corrected chi connectivity index (χ2v) is 6.60. The number of nitrogens with one attached hydrogen (secondary N) is 1. The van der Waals surface area contributed by atoms with Gasteiger partial charge in [-0.1, -0.05) is 24.7 Å². The highest BCUT2D eigenvalue weighted by Crippen LogP contribution is 2.29. The molecule has 0 unspecified atom stereocenters. The molecule has 6 heteroatoms. The van der Waals surface area contributed by atoms with E-state index in [1.807, 2.05) is 6.07 Å². The fourth-order valence-corrected chi connectivity index (χ4v) is 3.30. The summed E-state index contributed by atoms with van der Waals surface area (Å²) in [4.78, 5) is 8.83. The normalized spacial score (nSPS) is 10.7. The first-order valence-electron chi connectivity index (χ1n) is 7.35. The Kier molecular flexibility index (Phi) is 4.22. The molecule has 23 heavy (non-hydrogen) atoms. The van der Waals surface area contributed by atoms with Crippen LogP contribution >= 0.6 is 11.8 Å². The minimum absolute atomic E-state index is 0.419. The second kappa shape index (κ2) is 6.31. The summed E-state index contributed by atoms with van der Waals surface area (Å²) >= 11 is 1.69. The first kappa shape index (κ1) is 15.4. The van der Waals surface area contributed by atoms with Gasteiger partial charge in [-0.3, -0.25) is 0 Å². The van der Waals surface area contributed by atoms with Crippen LogP contribution in [0.25, 0.3) is 10.5 Å². The van der Waals surface area contributed by atoms with Gasteiger partial charge >= 0.3 is 0 Å². The Morgan fingerprint density at radius 1 is 1.22 bits per heavy atom. The fraction of sp³-hybridized carbons (Fsp3) is 0.235. The van der Waals surface area contributed by atoms with E-state index < -0.39 is 0 Å². The average Bonchev–Trinajstić information content (AvgIpc) is 2.89. The van der Waals surface area contributed by atoms with E-state index in [0.29, 0.717) is 11.6 Å². The number of fused-ring (bicyclic) bond motifs is 1. The topological polar surface area (TPSA) is 46.6 Å². The lowest BCUT2D eigenvalue weighted by atomic mass is 10.1. The molecular weight excluding hydrogens is 306 g/mol. The summed E-state index contributed by atoms with van der Waals surface area (Å²) in [6, 6.07) is 8.28. The van der Waals surface area contributed by atoms with Gasteiger partial charge in [0.15, 0.2) is 5.82 Å². The highest BCUT2D eigenvalue weighted by molar-refractivity contribution is 7.99.